The van der Waals surface area contributed by atoms with Gasteiger partial charge in [0, 0.05) is 5.75 Å². The second kappa shape index (κ2) is 7.24. The van der Waals surface area contributed by atoms with Gasteiger partial charge >= 0.3 is 0 Å². The van der Waals surface area contributed by atoms with Crippen molar-refractivity contribution in [1.82, 2.24) is 0 Å². The van der Waals surface area contributed by atoms with Crippen LogP contribution < -0.4 is 0 Å². The third-order valence-corrected chi connectivity index (χ3v) is 4.38. The first kappa shape index (κ1) is 15.5. The van der Waals surface area contributed by atoms with E-state index in [-0.39, 0.29) is 0 Å². The van der Waals surface area contributed by atoms with Crippen molar-refractivity contribution in [3.8, 4) is 0 Å². The lowest BCUT2D eigenvalue weighted by Gasteiger charge is -2.38. The van der Waals surface area contributed by atoms with E-state index in [9.17, 15) is 15.3 Å². The molecule has 1 aliphatic heterocycles. The molecule has 0 aliphatic carbocycles. The van der Waals surface area contributed by atoms with E-state index in [1.54, 1.807) is 6.92 Å². The first-order valence-electron chi connectivity index (χ1n) is 6.62. The maximum atomic E-state index is 9.86. The quantitative estimate of drug-likeness (QED) is 0.780. The molecule has 5 heteroatoms. The third-order valence-electron chi connectivity index (χ3n) is 3.27. The Bertz CT molecular complexity index is 437. The SMILES string of the molecule is C[C@@H]1O[C@@H](SCC=Cc2ccccc2)[C@H](O)[C@H](O)[C@H]1O. The highest BCUT2D eigenvalue weighted by Gasteiger charge is 2.41. The van der Waals surface area contributed by atoms with Gasteiger partial charge in [0.15, 0.2) is 0 Å². The molecule has 2 rings (SSSR count). The smallest absolute Gasteiger partial charge is 0.132 e. The molecule has 0 spiro atoms. The molecule has 1 saturated heterocycles. The maximum Gasteiger partial charge on any atom is 0.132 e. The molecule has 1 aliphatic rings. The Kier molecular flexibility index (Phi) is 5.63. The van der Waals surface area contributed by atoms with Gasteiger partial charge in [-0.2, -0.15) is 0 Å². The molecule has 20 heavy (non-hydrogen) atoms. The molecule has 1 aromatic rings. The average Bonchev–Trinajstić information content (AvgIpc) is 2.47. The standard InChI is InChI=1S/C15H20O4S/c1-10-12(16)13(17)14(18)15(19-10)20-9-5-8-11-6-3-2-4-7-11/h2-8,10,12-18H,9H2,1H3/t10-,12-,13+,14+,15-/m0/s1. The van der Waals surface area contributed by atoms with E-state index < -0.39 is 29.9 Å². The van der Waals surface area contributed by atoms with Crippen molar-refractivity contribution >= 4 is 17.8 Å². The molecule has 5 atom stereocenters. The molecule has 0 saturated carbocycles. The largest absolute Gasteiger partial charge is 0.388 e. The van der Waals surface area contributed by atoms with Gasteiger partial charge in [-0.3, -0.25) is 0 Å². The fourth-order valence-electron chi connectivity index (χ4n) is 2.05. The van der Waals surface area contributed by atoms with Gasteiger partial charge in [-0.15, -0.1) is 11.8 Å². The number of benzene rings is 1. The summed E-state index contributed by atoms with van der Waals surface area (Å²) in [6, 6.07) is 9.93. The maximum absolute atomic E-state index is 9.86. The Morgan fingerprint density at radius 1 is 1.10 bits per heavy atom. The summed E-state index contributed by atoms with van der Waals surface area (Å²) in [6.45, 7) is 1.69. The predicted octanol–water partition coefficient (Wildman–Crippen LogP) is 1.26. The van der Waals surface area contributed by atoms with E-state index in [1.807, 2.05) is 42.5 Å². The zero-order chi connectivity index (χ0) is 14.5. The van der Waals surface area contributed by atoms with E-state index in [2.05, 4.69) is 0 Å². The highest BCUT2D eigenvalue weighted by molar-refractivity contribution is 7.99. The Labute approximate surface area is 123 Å². The summed E-state index contributed by atoms with van der Waals surface area (Å²) < 4.78 is 5.50. The van der Waals surface area contributed by atoms with Crippen LogP contribution in [-0.2, 0) is 4.74 Å². The van der Waals surface area contributed by atoms with E-state index in [1.165, 1.54) is 11.8 Å². The topological polar surface area (TPSA) is 69.9 Å². The van der Waals surface area contributed by atoms with Gasteiger partial charge in [0.25, 0.3) is 0 Å². The summed E-state index contributed by atoms with van der Waals surface area (Å²) in [5.41, 5.74) is 0.589. The van der Waals surface area contributed by atoms with Crippen molar-refractivity contribution in [3.05, 3.63) is 42.0 Å². The molecule has 0 unspecified atom stereocenters. The summed E-state index contributed by atoms with van der Waals surface area (Å²) in [7, 11) is 0. The number of rotatable bonds is 4. The van der Waals surface area contributed by atoms with E-state index in [0.717, 1.165) is 5.56 Å². The van der Waals surface area contributed by atoms with Gasteiger partial charge in [0.1, 0.15) is 23.7 Å². The summed E-state index contributed by atoms with van der Waals surface area (Å²) in [5, 5.41) is 29.2. The summed E-state index contributed by atoms with van der Waals surface area (Å²) in [4.78, 5) is 0. The molecule has 3 N–H and O–H groups in total. The fraction of sp³-hybridized carbons (Fsp3) is 0.467. The summed E-state index contributed by atoms with van der Waals surface area (Å²) >= 11 is 1.40. The third kappa shape index (κ3) is 3.84. The molecule has 1 fully saturated rings. The molecular weight excluding hydrogens is 276 g/mol. The minimum absolute atomic E-state index is 0.482. The minimum atomic E-state index is -1.16. The highest BCUT2D eigenvalue weighted by Crippen LogP contribution is 2.28. The molecule has 0 aromatic heterocycles. The number of hydrogen-bond donors (Lipinski definition) is 3. The molecular formula is C15H20O4S. The number of thioether (sulfide) groups is 1. The monoisotopic (exact) mass is 296 g/mol. The minimum Gasteiger partial charge on any atom is -0.388 e. The molecule has 110 valence electrons. The van der Waals surface area contributed by atoms with Gasteiger partial charge in [0.05, 0.1) is 6.10 Å². The molecule has 1 heterocycles. The van der Waals surface area contributed by atoms with Crippen LogP contribution in [0.3, 0.4) is 0 Å². The first-order chi connectivity index (χ1) is 9.59. The van der Waals surface area contributed by atoms with Crippen molar-refractivity contribution in [2.75, 3.05) is 5.75 Å². The molecule has 0 bridgehead atoms. The first-order valence-corrected chi connectivity index (χ1v) is 7.67. The zero-order valence-corrected chi connectivity index (χ0v) is 12.1. The zero-order valence-electron chi connectivity index (χ0n) is 11.3. The highest BCUT2D eigenvalue weighted by atomic mass is 32.2. The molecule has 0 radical (unpaired) electrons. The number of aliphatic hydroxyl groups is 3. The van der Waals surface area contributed by atoms with Crippen LogP contribution in [0, 0.1) is 0 Å². The van der Waals surface area contributed by atoms with Crippen molar-refractivity contribution in [2.45, 2.75) is 36.8 Å². The van der Waals surface area contributed by atoms with Gasteiger partial charge in [-0.1, -0.05) is 42.5 Å². The molecule has 4 nitrogen and oxygen atoms in total. The average molecular weight is 296 g/mol. The number of aliphatic hydroxyl groups excluding tert-OH is 3. The van der Waals surface area contributed by atoms with Crippen molar-refractivity contribution in [3.63, 3.8) is 0 Å². The van der Waals surface area contributed by atoms with Crippen LogP contribution in [0.2, 0.25) is 0 Å². The Hall–Kier alpha value is -0.850. The van der Waals surface area contributed by atoms with Crippen LogP contribution in [-0.4, -0.2) is 50.9 Å². The lowest BCUT2D eigenvalue weighted by Crippen LogP contribution is -2.55. The lowest BCUT2D eigenvalue weighted by molar-refractivity contribution is -0.192. The van der Waals surface area contributed by atoms with Gasteiger partial charge in [-0.25, -0.2) is 0 Å². The van der Waals surface area contributed by atoms with Crippen LogP contribution in [0.1, 0.15) is 12.5 Å². The normalized spacial score (nSPS) is 34.5. The lowest BCUT2D eigenvalue weighted by atomic mass is 10.0. The second-order valence-corrected chi connectivity index (χ2v) is 5.96. The summed E-state index contributed by atoms with van der Waals surface area (Å²) in [6.07, 6.45) is 0.228. The van der Waals surface area contributed by atoms with Crippen LogP contribution in [0.15, 0.2) is 36.4 Å². The van der Waals surface area contributed by atoms with Crippen LogP contribution in [0.25, 0.3) is 6.08 Å². The van der Waals surface area contributed by atoms with E-state index in [0.29, 0.717) is 5.75 Å². The number of ether oxygens (including phenoxy) is 1. The van der Waals surface area contributed by atoms with Crippen LogP contribution in [0.5, 0.6) is 0 Å². The van der Waals surface area contributed by atoms with E-state index in [4.69, 9.17) is 4.74 Å². The van der Waals surface area contributed by atoms with Gasteiger partial charge in [0.2, 0.25) is 0 Å². The van der Waals surface area contributed by atoms with Crippen molar-refractivity contribution in [1.29, 1.82) is 0 Å². The van der Waals surface area contributed by atoms with Gasteiger partial charge < -0.3 is 20.1 Å². The molecule has 1 aromatic carbocycles. The second-order valence-electron chi connectivity index (χ2n) is 4.83. The summed E-state index contributed by atoms with van der Waals surface area (Å²) in [5.74, 6) is 0.659. The Balaban J connectivity index is 1.83. The van der Waals surface area contributed by atoms with Crippen LogP contribution in [0.4, 0.5) is 0 Å². The van der Waals surface area contributed by atoms with Crippen molar-refractivity contribution < 1.29 is 20.1 Å². The Morgan fingerprint density at radius 3 is 2.50 bits per heavy atom. The fourth-order valence-corrected chi connectivity index (χ4v) is 3.06. The van der Waals surface area contributed by atoms with Crippen LogP contribution >= 0.6 is 11.8 Å². The predicted molar refractivity (Wildman–Crippen MR) is 80.3 cm³/mol. The Morgan fingerprint density at radius 2 is 1.80 bits per heavy atom. The molecule has 0 amide bonds. The van der Waals surface area contributed by atoms with Gasteiger partial charge in [-0.05, 0) is 12.5 Å². The van der Waals surface area contributed by atoms with E-state index >= 15 is 0 Å². The number of hydrogen-bond acceptors (Lipinski definition) is 5. The van der Waals surface area contributed by atoms with Crippen molar-refractivity contribution in [2.24, 2.45) is 0 Å².